The summed E-state index contributed by atoms with van der Waals surface area (Å²) in [6.45, 7) is 4.16. The van der Waals surface area contributed by atoms with Crippen molar-refractivity contribution in [2.45, 2.75) is 12.1 Å². The van der Waals surface area contributed by atoms with Gasteiger partial charge in [0.25, 0.3) is 0 Å². The highest BCUT2D eigenvalue weighted by atomic mass is 16.5. The van der Waals surface area contributed by atoms with Gasteiger partial charge in [-0.15, -0.1) is 0 Å². The Hall–Kier alpha value is -1.10. The van der Waals surface area contributed by atoms with Gasteiger partial charge in [-0.1, -0.05) is 18.2 Å². The maximum absolute atomic E-state index is 10.5. The fourth-order valence-electron chi connectivity index (χ4n) is 2.69. The van der Waals surface area contributed by atoms with Gasteiger partial charge in [0.05, 0.1) is 25.4 Å². The predicted octanol–water partition coefficient (Wildman–Crippen LogP) is 0.846. The molecule has 0 aliphatic carbocycles. The van der Waals surface area contributed by atoms with E-state index in [0.717, 1.165) is 44.1 Å². The number of fused-ring (bicyclic) bond motifs is 1. The minimum atomic E-state index is -0.398. The molecular formula is C13H18N2O2. The molecule has 0 amide bonds. The Morgan fingerprint density at radius 1 is 1.24 bits per heavy atom. The standard InChI is InChI=1S/C13H18N2O2/c16-13-10-3-1-2-4-11(10)14-9-12(13)15-5-7-17-8-6-15/h1-4,12-14,16H,5-9H2. The van der Waals surface area contributed by atoms with Gasteiger partial charge in [-0.05, 0) is 6.07 Å². The minimum Gasteiger partial charge on any atom is -0.387 e. The summed E-state index contributed by atoms with van der Waals surface area (Å²) in [6, 6.07) is 8.15. The number of hydrogen-bond acceptors (Lipinski definition) is 4. The average Bonchev–Trinajstić information content (AvgIpc) is 2.40. The molecular weight excluding hydrogens is 216 g/mol. The third kappa shape index (κ3) is 2.04. The molecule has 2 atom stereocenters. The van der Waals surface area contributed by atoms with Gasteiger partial charge in [-0.25, -0.2) is 0 Å². The molecule has 1 saturated heterocycles. The molecule has 2 aliphatic heterocycles. The number of para-hydroxylation sites is 1. The molecule has 0 aromatic heterocycles. The first kappa shape index (κ1) is 11.0. The number of hydrogen-bond donors (Lipinski definition) is 2. The lowest BCUT2D eigenvalue weighted by Gasteiger charge is -2.40. The third-order valence-electron chi connectivity index (χ3n) is 3.66. The second kappa shape index (κ2) is 4.64. The molecule has 1 fully saturated rings. The van der Waals surface area contributed by atoms with E-state index in [2.05, 4.69) is 10.2 Å². The lowest BCUT2D eigenvalue weighted by molar-refractivity contribution is -0.0199. The van der Waals surface area contributed by atoms with Crippen LogP contribution in [-0.2, 0) is 4.74 Å². The summed E-state index contributed by atoms with van der Waals surface area (Å²) >= 11 is 0. The zero-order valence-electron chi connectivity index (χ0n) is 9.80. The smallest absolute Gasteiger partial charge is 0.0982 e. The zero-order valence-corrected chi connectivity index (χ0v) is 9.80. The highest BCUT2D eigenvalue weighted by molar-refractivity contribution is 5.54. The first-order valence-corrected chi connectivity index (χ1v) is 6.19. The van der Waals surface area contributed by atoms with Crippen molar-refractivity contribution in [3.63, 3.8) is 0 Å². The molecule has 0 radical (unpaired) electrons. The van der Waals surface area contributed by atoms with Crippen LogP contribution in [0.15, 0.2) is 24.3 Å². The highest BCUT2D eigenvalue weighted by Gasteiger charge is 2.32. The van der Waals surface area contributed by atoms with E-state index in [4.69, 9.17) is 4.74 Å². The summed E-state index contributed by atoms with van der Waals surface area (Å²) in [5, 5.41) is 13.8. The van der Waals surface area contributed by atoms with Gasteiger partial charge in [0.2, 0.25) is 0 Å². The van der Waals surface area contributed by atoms with Crippen molar-refractivity contribution in [3.05, 3.63) is 29.8 Å². The summed E-state index contributed by atoms with van der Waals surface area (Å²) < 4.78 is 5.35. The van der Waals surface area contributed by atoms with Crippen LogP contribution in [0, 0.1) is 0 Å². The Balaban J connectivity index is 1.81. The summed E-state index contributed by atoms with van der Waals surface area (Å²) in [7, 11) is 0. The summed E-state index contributed by atoms with van der Waals surface area (Å²) in [4.78, 5) is 2.32. The number of anilines is 1. The van der Waals surface area contributed by atoms with Gasteiger partial charge in [0.1, 0.15) is 0 Å². The molecule has 2 aliphatic rings. The maximum atomic E-state index is 10.5. The highest BCUT2D eigenvalue weighted by Crippen LogP contribution is 2.32. The normalized spacial score (nSPS) is 29.5. The average molecular weight is 234 g/mol. The zero-order chi connectivity index (χ0) is 11.7. The summed E-state index contributed by atoms with van der Waals surface area (Å²) in [5.41, 5.74) is 2.07. The van der Waals surface area contributed by atoms with E-state index >= 15 is 0 Å². The molecule has 0 bridgehead atoms. The second-order valence-corrected chi connectivity index (χ2v) is 4.63. The first-order valence-electron chi connectivity index (χ1n) is 6.19. The predicted molar refractivity (Wildman–Crippen MR) is 66.1 cm³/mol. The van der Waals surface area contributed by atoms with Crippen LogP contribution in [0.3, 0.4) is 0 Å². The monoisotopic (exact) mass is 234 g/mol. The number of nitrogens with zero attached hydrogens (tertiary/aromatic N) is 1. The molecule has 2 unspecified atom stereocenters. The molecule has 2 heterocycles. The van der Waals surface area contributed by atoms with Gasteiger partial charge in [0, 0.05) is 30.9 Å². The van der Waals surface area contributed by atoms with Crippen molar-refractivity contribution in [1.82, 2.24) is 4.90 Å². The van der Waals surface area contributed by atoms with Crippen LogP contribution in [0.1, 0.15) is 11.7 Å². The first-order chi connectivity index (χ1) is 8.36. The van der Waals surface area contributed by atoms with Crippen molar-refractivity contribution in [3.8, 4) is 0 Å². The van der Waals surface area contributed by atoms with Crippen molar-refractivity contribution < 1.29 is 9.84 Å². The van der Waals surface area contributed by atoms with Gasteiger partial charge >= 0.3 is 0 Å². The van der Waals surface area contributed by atoms with Crippen LogP contribution >= 0.6 is 0 Å². The Morgan fingerprint density at radius 3 is 2.82 bits per heavy atom. The van der Waals surface area contributed by atoms with Gasteiger partial charge in [-0.2, -0.15) is 0 Å². The quantitative estimate of drug-likeness (QED) is 0.756. The summed E-state index contributed by atoms with van der Waals surface area (Å²) in [5.74, 6) is 0. The third-order valence-corrected chi connectivity index (χ3v) is 3.66. The van der Waals surface area contributed by atoms with Crippen molar-refractivity contribution in [1.29, 1.82) is 0 Å². The molecule has 1 aromatic carbocycles. The Bertz CT molecular complexity index is 391. The van der Waals surface area contributed by atoms with Crippen LogP contribution in [0.5, 0.6) is 0 Å². The molecule has 4 nitrogen and oxygen atoms in total. The Morgan fingerprint density at radius 2 is 2.00 bits per heavy atom. The molecule has 17 heavy (non-hydrogen) atoms. The molecule has 0 saturated carbocycles. The number of ether oxygens (including phenoxy) is 1. The van der Waals surface area contributed by atoms with Crippen molar-refractivity contribution in [2.24, 2.45) is 0 Å². The molecule has 2 N–H and O–H groups in total. The molecule has 3 rings (SSSR count). The second-order valence-electron chi connectivity index (χ2n) is 4.63. The van der Waals surface area contributed by atoms with Crippen LogP contribution in [-0.4, -0.2) is 48.9 Å². The van der Waals surface area contributed by atoms with Crippen LogP contribution in [0.4, 0.5) is 5.69 Å². The Labute approximate surface area is 101 Å². The largest absolute Gasteiger partial charge is 0.387 e. The fourth-order valence-corrected chi connectivity index (χ4v) is 2.69. The Kier molecular flexibility index (Phi) is 3.01. The van der Waals surface area contributed by atoms with Crippen LogP contribution in [0.2, 0.25) is 0 Å². The van der Waals surface area contributed by atoms with E-state index in [-0.39, 0.29) is 6.04 Å². The topological polar surface area (TPSA) is 44.7 Å². The number of nitrogens with one attached hydrogen (secondary N) is 1. The van der Waals surface area contributed by atoms with Crippen molar-refractivity contribution >= 4 is 5.69 Å². The van der Waals surface area contributed by atoms with E-state index in [1.807, 2.05) is 24.3 Å². The molecule has 92 valence electrons. The SMILES string of the molecule is OC1c2ccccc2NCC1N1CCOCC1. The van der Waals surface area contributed by atoms with E-state index in [9.17, 15) is 5.11 Å². The van der Waals surface area contributed by atoms with E-state index in [0.29, 0.717) is 0 Å². The minimum absolute atomic E-state index is 0.161. The number of aliphatic hydroxyl groups excluding tert-OH is 1. The fraction of sp³-hybridized carbons (Fsp3) is 0.538. The van der Waals surface area contributed by atoms with Crippen molar-refractivity contribution in [2.75, 3.05) is 38.2 Å². The van der Waals surface area contributed by atoms with Crippen LogP contribution < -0.4 is 5.32 Å². The summed E-state index contributed by atoms with van der Waals surface area (Å²) in [6.07, 6.45) is -0.398. The van der Waals surface area contributed by atoms with Crippen LogP contribution in [0.25, 0.3) is 0 Å². The van der Waals surface area contributed by atoms with E-state index in [1.54, 1.807) is 0 Å². The van der Waals surface area contributed by atoms with Gasteiger partial charge in [-0.3, -0.25) is 4.90 Å². The molecule has 1 aromatic rings. The number of aliphatic hydroxyl groups is 1. The van der Waals surface area contributed by atoms with Gasteiger partial charge in [0.15, 0.2) is 0 Å². The maximum Gasteiger partial charge on any atom is 0.0982 e. The van der Waals surface area contributed by atoms with E-state index in [1.165, 1.54) is 0 Å². The number of morpholine rings is 1. The van der Waals surface area contributed by atoms with E-state index < -0.39 is 6.10 Å². The molecule has 0 spiro atoms. The lowest BCUT2D eigenvalue weighted by Crippen LogP contribution is -2.51. The number of rotatable bonds is 1. The van der Waals surface area contributed by atoms with Gasteiger partial charge < -0.3 is 15.2 Å². The molecule has 4 heteroatoms. The lowest BCUT2D eigenvalue weighted by atomic mass is 9.95. The number of benzene rings is 1.